The second-order valence-corrected chi connectivity index (χ2v) is 8.08. The molecule has 35 heavy (non-hydrogen) atoms. The predicted octanol–water partition coefficient (Wildman–Crippen LogP) is 5.70. The van der Waals surface area contributed by atoms with Crippen molar-refractivity contribution in [3.05, 3.63) is 70.4 Å². The maximum atomic E-state index is 14.8. The van der Waals surface area contributed by atoms with Gasteiger partial charge in [0.25, 0.3) is 5.91 Å². The Kier molecular flexibility index (Phi) is 6.82. The minimum atomic E-state index is -4.82. The van der Waals surface area contributed by atoms with Crippen molar-refractivity contribution in [2.45, 2.75) is 18.7 Å². The van der Waals surface area contributed by atoms with Crippen LogP contribution in [0.25, 0.3) is 11.1 Å². The fourth-order valence-corrected chi connectivity index (χ4v) is 3.74. The second kappa shape index (κ2) is 9.67. The summed E-state index contributed by atoms with van der Waals surface area (Å²) in [4.78, 5) is 16.4. The highest BCUT2D eigenvalue weighted by Crippen LogP contribution is 2.38. The number of halogens is 6. The third-order valence-electron chi connectivity index (χ3n) is 5.19. The normalized spacial score (nSPS) is 15.8. The number of rotatable bonds is 5. The molecule has 12 heteroatoms. The summed E-state index contributed by atoms with van der Waals surface area (Å²) in [7, 11) is 0. The number of aromatic nitrogens is 1. The Morgan fingerprint density at radius 1 is 1.17 bits per heavy atom. The topological polar surface area (TPSA) is 86.5 Å². The molecule has 184 valence electrons. The van der Waals surface area contributed by atoms with Crippen LogP contribution in [0.4, 0.5) is 33.3 Å². The van der Waals surface area contributed by atoms with E-state index in [-0.39, 0.29) is 39.7 Å². The van der Waals surface area contributed by atoms with Gasteiger partial charge in [0.2, 0.25) is 5.88 Å². The highest BCUT2D eigenvalue weighted by molar-refractivity contribution is 6.34. The Hall–Kier alpha value is -3.44. The fraction of sp³-hybridized carbons (Fsp3) is 0.217. The summed E-state index contributed by atoms with van der Waals surface area (Å²) in [6.45, 7) is 0.505. The molecule has 2 aromatic carbocycles. The van der Waals surface area contributed by atoms with Gasteiger partial charge in [-0.05, 0) is 36.4 Å². The highest BCUT2D eigenvalue weighted by atomic mass is 35.5. The van der Waals surface area contributed by atoms with Gasteiger partial charge in [-0.2, -0.15) is 13.2 Å². The first-order valence-electron chi connectivity index (χ1n) is 10.2. The lowest BCUT2D eigenvalue weighted by Gasteiger charge is -2.17. The van der Waals surface area contributed by atoms with Crippen molar-refractivity contribution in [1.29, 1.82) is 0 Å². The first-order valence-corrected chi connectivity index (χ1v) is 10.6. The molecule has 3 N–H and O–H groups in total. The summed E-state index contributed by atoms with van der Waals surface area (Å²) in [5.41, 5.74) is 3.93. The summed E-state index contributed by atoms with van der Waals surface area (Å²) < 4.78 is 79.2. The summed E-state index contributed by atoms with van der Waals surface area (Å²) in [6, 6.07) is 5.93. The first kappa shape index (κ1) is 24.7. The Morgan fingerprint density at radius 3 is 2.60 bits per heavy atom. The van der Waals surface area contributed by atoms with Crippen LogP contribution in [0.3, 0.4) is 0 Å². The molecule has 1 saturated heterocycles. The van der Waals surface area contributed by atoms with Crippen LogP contribution in [0.15, 0.2) is 42.6 Å². The number of carbonyl (C=O) groups excluding carboxylic acids is 1. The van der Waals surface area contributed by atoms with Crippen molar-refractivity contribution in [3.8, 4) is 17.0 Å². The lowest BCUT2D eigenvalue weighted by Crippen LogP contribution is -2.20. The first-order chi connectivity index (χ1) is 16.5. The Morgan fingerprint density at radius 2 is 1.94 bits per heavy atom. The van der Waals surface area contributed by atoms with E-state index in [1.165, 1.54) is 6.07 Å². The van der Waals surface area contributed by atoms with E-state index < -0.39 is 41.3 Å². The number of nitrogens with two attached hydrogens (primary N) is 1. The van der Waals surface area contributed by atoms with Crippen LogP contribution in [0, 0.1) is 11.6 Å². The molecule has 2 heterocycles. The number of nitrogen functional groups attached to an aromatic ring is 1. The van der Waals surface area contributed by atoms with Crippen LogP contribution in [0.2, 0.25) is 5.02 Å². The molecular formula is C23H17ClF5N3O3. The summed E-state index contributed by atoms with van der Waals surface area (Å²) >= 11 is 6.15. The van der Waals surface area contributed by atoms with Crippen LogP contribution in [0.5, 0.6) is 5.88 Å². The molecule has 0 aliphatic carbocycles. The van der Waals surface area contributed by atoms with Crippen molar-refractivity contribution in [1.82, 2.24) is 4.98 Å². The smallest absolute Gasteiger partial charge is 0.421 e. The van der Waals surface area contributed by atoms with Crippen molar-refractivity contribution in [2.75, 3.05) is 24.3 Å². The molecule has 0 radical (unpaired) electrons. The van der Waals surface area contributed by atoms with Crippen molar-refractivity contribution < 1.29 is 36.2 Å². The monoisotopic (exact) mass is 513 g/mol. The number of alkyl halides is 3. The number of carbonyl (C=O) groups is 1. The van der Waals surface area contributed by atoms with Gasteiger partial charge < -0.3 is 20.5 Å². The minimum Gasteiger partial charge on any atom is -0.471 e. The lowest BCUT2D eigenvalue weighted by atomic mass is 10.0. The van der Waals surface area contributed by atoms with E-state index in [1.54, 1.807) is 0 Å². The molecule has 1 fully saturated rings. The van der Waals surface area contributed by atoms with Crippen LogP contribution in [-0.2, 0) is 10.9 Å². The van der Waals surface area contributed by atoms with Crippen molar-refractivity contribution >= 4 is 28.9 Å². The van der Waals surface area contributed by atoms with Crippen LogP contribution < -0.4 is 15.8 Å². The lowest BCUT2D eigenvalue weighted by molar-refractivity contribution is -0.139. The Labute approximate surface area is 200 Å². The van der Waals surface area contributed by atoms with E-state index in [4.69, 9.17) is 26.8 Å². The summed E-state index contributed by atoms with van der Waals surface area (Å²) in [5, 5.41) is 2.03. The average Bonchev–Trinajstić information content (AvgIpc) is 3.29. The number of nitrogens with one attached hydrogen (secondary N) is 1. The predicted molar refractivity (Wildman–Crippen MR) is 118 cm³/mol. The van der Waals surface area contributed by atoms with Crippen LogP contribution in [0.1, 0.15) is 22.3 Å². The molecule has 1 aromatic heterocycles. The number of hydrogen-bond donors (Lipinski definition) is 2. The molecule has 1 atom stereocenters. The molecule has 1 aliphatic heterocycles. The summed E-state index contributed by atoms with van der Waals surface area (Å²) in [6.07, 6.45) is -3.99. The number of pyridine rings is 1. The molecule has 0 bridgehead atoms. The van der Waals surface area contributed by atoms with E-state index in [2.05, 4.69) is 10.3 Å². The van der Waals surface area contributed by atoms with Gasteiger partial charge in [0.1, 0.15) is 23.3 Å². The zero-order valence-electron chi connectivity index (χ0n) is 17.8. The Balaban J connectivity index is 1.60. The van der Waals surface area contributed by atoms with Gasteiger partial charge in [-0.25, -0.2) is 13.8 Å². The van der Waals surface area contributed by atoms with Gasteiger partial charge >= 0.3 is 6.18 Å². The standard InChI is InChI=1S/C23H17ClF5N3O3/c24-18-7-15(14-2-1-11(25)5-20(14)30)19(26)8-16(18)21(33)32-12-6-17(23(27,28)29)22(31-9-12)35-13-3-4-34-10-13/h1-2,5-9,13H,3-4,10,30H2,(H,32,33). The van der Waals surface area contributed by atoms with Crippen LogP contribution >= 0.6 is 11.6 Å². The minimum absolute atomic E-state index is 0.0469. The highest BCUT2D eigenvalue weighted by Gasteiger charge is 2.37. The number of hydrogen-bond acceptors (Lipinski definition) is 5. The van der Waals surface area contributed by atoms with E-state index in [9.17, 15) is 26.7 Å². The zero-order valence-corrected chi connectivity index (χ0v) is 18.5. The van der Waals surface area contributed by atoms with E-state index in [0.717, 1.165) is 30.5 Å². The second-order valence-electron chi connectivity index (χ2n) is 7.68. The maximum Gasteiger partial charge on any atom is 0.421 e. The molecule has 1 aliphatic rings. The summed E-state index contributed by atoms with van der Waals surface area (Å²) in [5.74, 6) is -3.13. The molecule has 3 aromatic rings. The quantitative estimate of drug-likeness (QED) is 0.337. The third kappa shape index (κ3) is 5.46. The molecule has 4 rings (SSSR count). The molecule has 0 saturated carbocycles. The van der Waals surface area contributed by atoms with Crippen molar-refractivity contribution in [2.24, 2.45) is 0 Å². The zero-order chi connectivity index (χ0) is 25.3. The molecular weight excluding hydrogens is 497 g/mol. The van der Waals surface area contributed by atoms with E-state index in [0.29, 0.717) is 19.1 Å². The third-order valence-corrected chi connectivity index (χ3v) is 5.50. The Bertz CT molecular complexity index is 1280. The number of benzene rings is 2. The molecule has 1 unspecified atom stereocenters. The van der Waals surface area contributed by atoms with Crippen LogP contribution in [-0.4, -0.2) is 30.2 Å². The van der Waals surface area contributed by atoms with Gasteiger partial charge in [0, 0.05) is 23.2 Å². The van der Waals surface area contributed by atoms with E-state index in [1.807, 2.05) is 0 Å². The number of amides is 1. The molecule has 1 amide bonds. The average molecular weight is 514 g/mol. The van der Waals surface area contributed by atoms with Gasteiger partial charge in [-0.15, -0.1) is 0 Å². The number of nitrogens with zero attached hydrogens (tertiary/aromatic N) is 1. The van der Waals surface area contributed by atoms with Gasteiger partial charge in [-0.1, -0.05) is 11.6 Å². The van der Waals surface area contributed by atoms with Gasteiger partial charge in [0.15, 0.2) is 0 Å². The molecule has 6 nitrogen and oxygen atoms in total. The largest absolute Gasteiger partial charge is 0.471 e. The number of anilines is 2. The van der Waals surface area contributed by atoms with Gasteiger partial charge in [-0.3, -0.25) is 4.79 Å². The SMILES string of the molecule is Nc1cc(F)ccc1-c1cc(Cl)c(C(=O)Nc2cnc(OC3CCOC3)c(C(F)(F)F)c2)cc1F. The van der Waals surface area contributed by atoms with E-state index >= 15 is 0 Å². The number of ether oxygens (including phenoxy) is 2. The maximum absolute atomic E-state index is 14.8. The molecule has 0 spiro atoms. The van der Waals surface area contributed by atoms with Gasteiger partial charge in [0.05, 0.1) is 35.7 Å². The van der Waals surface area contributed by atoms with Crippen molar-refractivity contribution in [3.63, 3.8) is 0 Å². The fourth-order valence-electron chi connectivity index (χ4n) is 3.49.